The normalized spacial score (nSPS) is 10.2. The van der Waals surface area contributed by atoms with Gasteiger partial charge in [0.25, 0.3) is 0 Å². The summed E-state index contributed by atoms with van der Waals surface area (Å²) in [7, 11) is 1.96. The van der Waals surface area contributed by atoms with Gasteiger partial charge in [0, 0.05) is 15.9 Å². The van der Waals surface area contributed by atoms with Gasteiger partial charge in [-0.15, -0.1) is 11.8 Å². The van der Waals surface area contributed by atoms with E-state index < -0.39 is 0 Å². The molecule has 0 aromatic heterocycles. The fourth-order valence-electron chi connectivity index (χ4n) is 1.05. The molecule has 0 fully saturated rings. The van der Waals surface area contributed by atoms with Gasteiger partial charge in [-0.1, -0.05) is 22.0 Å². The maximum absolute atomic E-state index is 3.45. The van der Waals surface area contributed by atoms with E-state index in [1.807, 2.05) is 7.05 Å². The molecular formula is C9H12BrNS. The van der Waals surface area contributed by atoms with E-state index in [0.29, 0.717) is 0 Å². The van der Waals surface area contributed by atoms with Crippen LogP contribution in [0.2, 0.25) is 0 Å². The summed E-state index contributed by atoms with van der Waals surface area (Å²) in [6.45, 7) is 0.934. The third-order valence-electron chi connectivity index (χ3n) is 1.62. The van der Waals surface area contributed by atoms with Gasteiger partial charge < -0.3 is 5.32 Å². The van der Waals surface area contributed by atoms with E-state index in [1.54, 1.807) is 11.8 Å². The Morgan fingerprint density at radius 3 is 2.83 bits per heavy atom. The van der Waals surface area contributed by atoms with E-state index in [2.05, 4.69) is 45.7 Å². The third-order valence-corrected chi connectivity index (χ3v) is 2.93. The molecule has 0 amide bonds. The Balaban J connectivity index is 2.94. The minimum atomic E-state index is 0.934. The lowest BCUT2D eigenvalue weighted by Gasteiger charge is -2.06. The van der Waals surface area contributed by atoms with Crippen LogP contribution in [-0.2, 0) is 6.54 Å². The van der Waals surface area contributed by atoms with Gasteiger partial charge >= 0.3 is 0 Å². The van der Waals surface area contributed by atoms with Crippen molar-refractivity contribution < 1.29 is 0 Å². The van der Waals surface area contributed by atoms with Crippen molar-refractivity contribution in [3.63, 3.8) is 0 Å². The highest BCUT2D eigenvalue weighted by Gasteiger charge is 2.00. The Kier molecular flexibility index (Phi) is 4.12. The van der Waals surface area contributed by atoms with E-state index in [4.69, 9.17) is 0 Å². The van der Waals surface area contributed by atoms with Crippen LogP contribution in [0.4, 0.5) is 0 Å². The van der Waals surface area contributed by atoms with E-state index in [-0.39, 0.29) is 0 Å². The lowest BCUT2D eigenvalue weighted by Crippen LogP contribution is -2.05. The molecule has 0 aliphatic heterocycles. The van der Waals surface area contributed by atoms with E-state index in [1.165, 1.54) is 10.5 Å². The van der Waals surface area contributed by atoms with Gasteiger partial charge in [-0.2, -0.15) is 0 Å². The van der Waals surface area contributed by atoms with Crippen LogP contribution in [-0.4, -0.2) is 13.3 Å². The second-order valence-electron chi connectivity index (χ2n) is 2.49. The maximum Gasteiger partial charge on any atom is 0.0213 e. The van der Waals surface area contributed by atoms with Crippen molar-refractivity contribution >= 4 is 27.7 Å². The molecule has 12 heavy (non-hydrogen) atoms. The quantitative estimate of drug-likeness (QED) is 0.823. The molecule has 0 radical (unpaired) electrons. The van der Waals surface area contributed by atoms with Gasteiger partial charge in [0.05, 0.1) is 0 Å². The fourth-order valence-corrected chi connectivity index (χ4v) is 2.21. The third kappa shape index (κ3) is 2.51. The van der Waals surface area contributed by atoms with Gasteiger partial charge in [-0.25, -0.2) is 0 Å². The Labute approximate surface area is 86.1 Å². The second-order valence-corrected chi connectivity index (χ2v) is 4.25. The van der Waals surface area contributed by atoms with Gasteiger partial charge in [-0.3, -0.25) is 0 Å². The molecule has 0 aliphatic rings. The molecule has 1 N–H and O–H groups in total. The van der Waals surface area contributed by atoms with Crippen molar-refractivity contribution in [2.45, 2.75) is 11.4 Å². The zero-order valence-electron chi connectivity index (χ0n) is 7.23. The summed E-state index contributed by atoms with van der Waals surface area (Å²) >= 11 is 5.23. The monoisotopic (exact) mass is 245 g/mol. The number of hydrogen-bond acceptors (Lipinski definition) is 2. The molecule has 0 bridgehead atoms. The molecule has 0 unspecified atom stereocenters. The number of halogens is 1. The largest absolute Gasteiger partial charge is 0.316 e. The molecule has 66 valence electrons. The molecule has 1 nitrogen and oxygen atoms in total. The van der Waals surface area contributed by atoms with Gasteiger partial charge in [-0.05, 0) is 31.0 Å². The van der Waals surface area contributed by atoms with Crippen LogP contribution in [0, 0.1) is 0 Å². The van der Waals surface area contributed by atoms with Crippen LogP contribution in [0.3, 0.4) is 0 Å². The van der Waals surface area contributed by atoms with E-state index in [0.717, 1.165) is 11.0 Å². The molecule has 1 aromatic carbocycles. The summed E-state index contributed by atoms with van der Waals surface area (Å²) in [5.41, 5.74) is 1.35. The molecule has 0 heterocycles. The van der Waals surface area contributed by atoms with Crippen LogP contribution >= 0.6 is 27.7 Å². The van der Waals surface area contributed by atoms with Crippen molar-refractivity contribution in [1.82, 2.24) is 5.32 Å². The summed E-state index contributed by atoms with van der Waals surface area (Å²) in [6, 6.07) is 6.37. The van der Waals surface area contributed by atoms with Gasteiger partial charge in [0.2, 0.25) is 0 Å². The first-order valence-electron chi connectivity index (χ1n) is 3.75. The first-order chi connectivity index (χ1) is 5.77. The predicted molar refractivity (Wildman–Crippen MR) is 58.7 cm³/mol. The number of hydrogen-bond donors (Lipinski definition) is 1. The highest BCUT2D eigenvalue weighted by atomic mass is 79.9. The molecule has 3 heteroatoms. The number of rotatable bonds is 3. The van der Waals surface area contributed by atoms with Crippen molar-refractivity contribution in [3.05, 3.63) is 28.2 Å². The smallest absolute Gasteiger partial charge is 0.0213 e. The van der Waals surface area contributed by atoms with E-state index >= 15 is 0 Å². The SMILES string of the molecule is CNCc1ccc(Br)cc1SC. The molecule has 0 saturated carbocycles. The average Bonchev–Trinajstić information content (AvgIpc) is 2.08. The Hall–Kier alpha value is 0.01000. The lowest BCUT2D eigenvalue weighted by molar-refractivity contribution is 0.803. The Bertz CT molecular complexity index is 263. The summed E-state index contributed by atoms with van der Waals surface area (Å²) in [5.74, 6) is 0. The molecular weight excluding hydrogens is 234 g/mol. The first-order valence-corrected chi connectivity index (χ1v) is 5.76. The van der Waals surface area contributed by atoms with Crippen LogP contribution in [0.25, 0.3) is 0 Å². The summed E-state index contributed by atoms with van der Waals surface area (Å²) in [5, 5.41) is 3.15. The van der Waals surface area contributed by atoms with Crippen molar-refractivity contribution in [3.8, 4) is 0 Å². The zero-order chi connectivity index (χ0) is 8.97. The fraction of sp³-hybridized carbons (Fsp3) is 0.333. The summed E-state index contributed by atoms with van der Waals surface area (Å²) in [4.78, 5) is 1.33. The zero-order valence-corrected chi connectivity index (χ0v) is 9.63. The number of benzene rings is 1. The molecule has 1 aromatic rings. The van der Waals surface area contributed by atoms with Crippen molar-refractivity contribution in [1.29, 1.82) is 0 Å². The highest BCUT2D eigenvalue weighted by molar-refractivity contribution is 9.10. The van der Waals surface area contributed by atoms with Crippen LogP contribution in [0.5, 0.6) is 0 Å². The first kappa shape index (κ1) is 10.1. The standard InChI is InChI=1S/C9H12BrNS/c1-11-6-7-3-4-8(10)5-9(7)12-2/h3-5,11H,6H2,1-2H3. The summed E-state index contributed by atoms with van der Waals surface area (Å²) in [6.07, 6.45) is 2.10. The Morgan fingerprint density at radius 2 is 2.25 bits per heavy atom. The van der Waals surface area contributed by atoms with E-state index in [9.17, 15) is 0 Å². The molecule has 0 atom stereocenters. The maximum atomic E-state index is 3.45. The minimum Gasteiger partial charge on any atom is -0.316 e. The van der Waals surface area contributed by atoms with Crippen LogP contribution < -0.4 is 5.32 Å². The summed E-state index contributed by atoms with van der Waals surface area (Å²) < 4.78 is 1.15. The van der Waals surface area contributed by atoms with Crippen molar-refractivity contribution in [2.24, 2.45) is 0 Å². The van der Waals surface area contributed by atoms with Crippen LogP contribution in [0.1, 0.15) is 5.56 Å². The molecule has 0 spiro atoms. The van der Waals surface area contributed by atoms with Gasteiger partial charge in [0.15, 0.2) is 0 Å². The molecule has 0 saturated heterocycles. The number of nitrogens with one attached hydrogen (secondary N) is 1. The Morgan fingerprint density at radius 1 is 1.50 bits per heavy atom. The highest BCUT2D eigenvalue weighted by Crippen LogP contribution is 2.24. The minimum absolute atomic E-state index is 0.934. The van der Waals surface area contributed by atoms with Gasteiger partial charge in [0.1, 0.15) is 0 Å². The molecule has 1 rings (SSSR count). The number of thioether (sulfide) groups is 1. The van der Waals surface area contributed by atoms with Crippen LogP contribution in [0.15, 0.2) is 27.6 Å². The topological polar surface area (TPSA) is 12.0 Å². The van der Waals surface area contributed by atoms with Crippen molar-refractivity contribution in [2.75, 3.05) is 13.3 Å². The lowest BCUT2D eigenvalue weighted by atomic mass is 10.2. The average molecular weight is 246 g/mol. The second kappa shape index (κ2) is 4.90. The predicted octanol–water partition coefficient (Wildman–Crippen LogP) is 2.89. The molecule has 0 aliphatic carbocycles.